The van der Waals surface area contributed by atoms with E-state index in [-0.39, 0.29) is 24.8 Å². The van der Waals surface area contributed by atoms with Crippen molar-refractivity contribution >= 4 is 24.8 Å². The van der Waals surface area contributed by atoms with Gasteiger partial charge < -0.3 is 9.64 Å². The van der Waals surface area contributed by atoms with E-state index in [0.717, 1.165) is 32.0 Å². The first-order valence-electron chi connectivity index (χ1n) is 5.93. The highest BCUT2D eigenvalue weighted by Gasteiger charge is 2.12. The molecule has 0 atom stereocenters. The fraction of sp³-hybridized carbons (Fsp3) is 0.538. The molecule has 18 heavy (non-hydrogen) atoms. The Morgan fingerprint density at radius 3 is 2.22 bits per heavy atom. The van der Waals surface area contributed by atoms with Crippen LogP contribution in [0.1, 0.15) is 0 Å². The number of halogens is 2. The summed E-state index contributed by atoms with van der Waals surface area (Å²) in [6.45, 7) is 6.48. The van der Waals surface area contributed by atoms with Gasteiger partial charge in [0.1, 0.15) is 12.4 Å². The Kier molecular flexibility index (Phi) is 9.20. The molecule has 0 unspecified atom stereocenters. The highest BCUT2D eigenvalue weighted by atomic mass is 35.5. The summed E-state index contributed by atoms with van der Waals surface area (Å²) in [7, 11) is 2.18. The normalized spacial score (nSPS) is 16.5. The lowest BCUT2D eigenvalue weighted by Gasteiger charge is -2.32. The van der Waals surface area contributed by atoms with E-state index in [1.807, 2.05) is 30.3 Å². The molecule has 0 bridgehead atoms. The molecular formula is C13H22Cl2N2O. The van der Waals surface area contributed by atoms with Crippen molar-refractivity contribution in [1.29, 1.82) is 0 Å². The van der Waals surface area contributed by atoms with Gasteiger partial charge in [-0.05, 0) is 19.2 Å². The molecule has 1 fully saturated rings. The first-order valence-corrected chi connectivity index (χ1v) is 5.93. The summed E-state index contributed by atoms with van der Waals surface area (Å²) in [5, 5.41) is 0. The van der Waals surface area contributed by atoms with Crippen molar-refractivity contribution in [1.82, 2.24) is 9.80 Å². The summed E-state index contributed by atoms with van der Waals surface area (Å²) in [6.07, 6.45) is 0. The first-order chi connectivity index (χ1) is 7.84. The molecule has 0 spiro atoms. The Morgan fingerprint density at radius 1 is 1.00 bits per heavy atom. The molecule has 2 rings (SSSR count). The molecule has 1 aromatic carbocycles. The second-order valence-corrected chi connectivity index (χ2v) is 4.31. The highest BCUT2D eigenvalue weighted by molar-refractivity contribution is 5.85. The van der Waals surface area contributed by atoms with E-state index in [4.69, 9.17) is 4.74 Å². The SMILES string of the molecule is CN1CCN(CCOc2ccccc2)CC1.Cl.Cl. The Bertz CT molecular complexity index is 303. The van der Waals surface area contributed by atoms with Crippen LogP contribution in [0.25, 0.3) is 0 Å². The monoisotopic (exact) mass is 292 g/mol. The summed E-state index contributed by atoms with van der Waals surface area (Å²) in [5.74, 6) is 0.969. The minimum Gasteiger partial charge on any atom is -0.492 e. The Morgan fingerprint density at radius 2 is 1.61 bits per heavy atom. The number of para-hydroxylation sites is 1. The molecular weight excluding hydrogens is 271 g/mol. The average Bonchev–Trinajstić information content (AvgIpc) is 2.33. The minimum absolute atomic E-state index is 0. The summed E-state index contributed by atoms with van der Waals surface area (Å²) < 4.78 is 5.68. The van der Waals surface area contributed by atoms with Crippen LogP contribution in [0.15, 0.2) is 30.3 Å². The maximum absolute atomic E-state index is 5.68. The van der Waals surface area contributed by atoms with Crippen molar-refractivity contribution in [2.45, 2.75) is 0 Å². The molecule has 0 amide bonds. The lowest BCUT2D eigenvalue weighted by Crippen LogP contribution is -2.45. The third-order valence-electron chi connectivity index (χ3n) is 3.02. The van der Waals surface area contributed by atoms with Gasteiger partial charge in [-0.25, -0.2) is 0 Å². The quantitative estimate of drug-likeness (QED) is 0.846. The molecule has 3 nitrogen and oxygen atoms in total. The van der Waals surface area contributed by atoms with E-state index < -0.39 is 0 Å². The van der Waals surface area contributed by atoms with Gasteiger partial charge in [-0.15, -0.1) is 24.8 Å². The first kappa shape index (κ1) is 17.5. The zero-order valence-corrected chi connectivity index (χ0v) is 12.4. The van der Waals surface area contributed by atoms with Crippen LogP contribution in [-0.4, -0.2) is 56.2 Å². The van der Waals surface area contributed by atoms with Gasteiger partial charge in [-0.1, -0.05) is 18.2 Å². The van der Waals surface area contributed by atoms with Crippen molar-refractivity contribution in [3.05, 3.63) is 30.3 Å². The molecule has 1 saturated heterocycles. The van der Waals surface area contributed by atoms with Gasteiger partial charge in [0.2, 0.25) is 0 Å². The molecule has 0 aliphatic carbocycles. The van der Waals surface area contributed by atoms with Gasteiger partial charge >= 0.3 is 0 Å². The third-order valence-corrected chi connectivity index (χ3v) is 3.02. The number of hydrogen-bond donors (Lipinski definition) is 0. The summed E-state index contributed by atoms with van der Waals surface area (Å²) in [5.41, 5.74) is 0. The number of rotatable bonds is 4. The van der Waals surface area contributed by atoms with E-state index in [1.54, 1.807) is 0 Å². The zero-order chi connectivity index (χ0) is 11.2. The largest absolute Gasteiger partial charge is 0.492 e. The van der Waals surface area contributed by atoms with Crippen molar-refractivity contribution < 1.29 is 4.74 Å². The van der Waals surface area contributed by atoms with E-state index in [9.17, 15) is 0 Å². The second kappa shape index (κ2) is 9.45. The maximum atomic E-state index is 5.68. The van der Waals surface area contributed by atoms with Gasteiger partial charge in [-0.2, -0.15) is 0 Å². The van der Waals surface area contributed by atoms with Gasteiger partial charge in [0.15, 0.2) is 0 Å². The fourth-order valence-corrected chi connectivity index (χ4v) is 1.88. The van der Waals surface area contributed by atoms with Crippen LogP contribution >= 0.6 is 24.8 Å². The predicted octanol–water partition coefficient (Wildman–Crippen LogP) is 2.16. The van der Waals surface area contributed by atoms with Gasteiger partial charge in [-0.3, -0.25) is 4.90 Å². The Labute approximate surface area is 122 Å². The molecule has 1 aromatic rings. The topological polar surface area (TPSA) is 15.7 Å². The van der Waals surface area contributed by atoms with Crippen molar-refractivity contribution in [2.75, 3.05) is 46.4 Å². The molecule has 0 saturated carbocycles. The smallest absolute Gasteiger partial charge is 0.119 e. The predicted molar refractivity (Wildman–Crippen MR) is 80.4 cm³/mol. The molecule has 0 N–H and O–H groups in total. The van der Waals surface area contributed by atoms with Crippen LogP contribution in [0.5, 0.6) is 5.75 Å². The van der Waals surface area contributed by atoms with Gasteiger partial charge in [0.05, 0.1) is 0 Å². The molecule has 5 heteroatoms. The molecule has 1 heterocycles. The second-order valence-electron chi connectivity index (χ2n) is 4.31. The van der Waals surface area contributed by atoms with Crippen molar-refractivity contribution in [2.24, 2.45) is 0 Å². The zero-order valence-electron chi connectivity index (χ0n) is 10.7. The molecule has 0 aromatic heterocycles. The summed E-state index contributed by atoms with van der Waals surface area (Å²) >= 11 is 0. The lowest BCUT2D eigenvalue weighted by molar-refractivity contribution is 0.134. The van der Waals surface area contributed by atoms with E-state index in [2.05, 4.69) is 16.8 Å². The van der Waals surface area contributed by atoms with E-state index >= 15 is 0 Å². The van der Waals surface area contributed by atoms with Crippen LogP contribution in [0, 0.1) is 0 Å². The molecule has 104 valence electrons. The molecule has 1 aliphatic rings. The number of ether oxygens (including phenoxy) is 1. The van der Waals surface area contributed by atoms with Crippen LogP contribution in [0.3, 0.4) is 0 Å². The van der Waals surface area contributed by atoms with E-state index in [0.29, 0.717) is 0 Å². The maximum Gasteiger partial charge on any atom is 0.119 e. The minimum atomic E-state index is 0. The fourth-order valence-electron chi connectivity index (χ4n) is 1.88. The summed E-state index contributed by atoms with van der Waals surface area (Å²) in [6, 6.07) is 10.0. The average molecular weight is 293 g/mol. The number of nitrogens with zero attached hydrogens (tertiary/aromatic N) is 2. The highest BCUT2D eigenvalue weighted by Crippen LogP contribution is 2.08. The van der Waals surface area contributed by atoms with Crippen LogP contribution in [-0.2, 0) is 0 Å². The van der Waals surface area contributed by atoms with Crippen LogP contribution in [0.4, 0.5) is 0 Å². The Hall–Kier alpha value is -0.480. The summed E-state index contributed by atoms with van der Waals surface area (Å²) in [4.78, 5) is 4.83. The van der Waals surface area contributed by atoms with Gasteiger partial charge in [0, 0.05) is 32.7 Å². The van der Waals surface area contributed by atoms with Crippen molar-refractivity contribution in [3.8, 4) is 5.75 Å². The number of likely N-dealkylation sites (N-methyl/N-ethyl adjacent to an activating group) is 1. The molecule has 0 radical (unpaired) electrons. The Balaban J connectivity index is 0.00000144. The van der Waals surface area contributed by atoms with Gasteiger partial charge in [0.25, 0.3) is 0 Å². The standard InChI is InChI=1S/C13H20N2O.2ClH/c1-14-7-9-15(10-8-14)11-12-16-13-5-3-2-4-6-13;;/h2-6H,7-12H2,1H3;2*1H. The molecule has 1 aliphatic heterocycles. The number of piperazine rings is 1. The lowest BCUT2D eigenvalue weighted by atomic mass is 10.3. The van der Waals surface area contributed by atoms with Crippen molar-refractivity contribution in [3.63, 3.8) is 0 Å². The van der Waals surface area contributed by atoms with Crippen LogP contribution in [0.2, 0.25) is 0 Å². The number of hydrogen-bond acceptors (Lipinski definition) is 3. The third kappa shape index (κ3) is 5.91. The number of benzene rings is 1. The van der Waals surface area contributed by atoms with E-state index in [1.165, 1.54) is 13.1 Å². The van der Waals surface area contributed by atoms with Crippen LogP contribution < -0.4 is 4.74 Å².